The quantitative estimate of drug-likeness (QED) is 0.576. The molecule has 0 radical (unpaired) electrons. The summed E-state index contributed by atoms with van der Waals surface area (Å²) in [6.07, 6.45) is 0. The molecule has 1 aliphatic heterocycles. The standard InChI is InChI=1S/C11H25N3OS/c1-11(2,16)10(13-4-3-12)9-14-5-7-15-8-6-14/h10,13,16H,3-9,12H2,1-2H3. The van der Waals surface area contributed by atoms with Gasteiger partial charge in [-0.25, -0.2) is 0 Å². The van der Waals surface area contributed by atoms with E-state index in [0.717, 1.165) is 39.4 Å². The molecule has 1 atom stereocenters. The Balaban J connectivity index is 2.41. The van der Waals surface area contributed by atoms with Crippen LogP contribution in [0, 0.1) is 0 Å². The maximum absolute atomic E-state index is 5.53. The number of nitrogens with one attached hydrogen (secondary N) is 1. The van der Waals surface area contributed by atoms with Crippen LogP contribution in [0.25, 0.3) is 0 Å². The summed E-state index contributed by atoms with van der Waals surface area (Å²) in [5, 5.41) is 3.47. The number of thiol groups is 1. The molecule has 16 heavy (non-hydrogen) atoms. The van der Waals surface area contributed by atoms with Gasteiger partial charge in [-0.15, -0.1) is 0 Å². The second-order valence-electron chi connectivity index (χ2n) is 4.86. The van der Waals surface area contributed by atoms with E-state index in [1.165, 1.54) is 0 Å². The Kier molecular flexibility index (Phi) is 6.07. The molecule has 1 rings (SSSR count). The zero-order valence-electron chi connectivity index (χ0n) is 10.4. The maximum Gasteiger partial charge on any atom is 0.0594 e. The summed E-state index contributed by atoms with van der Waals surface area (Å²) < 4.78 is 5.31. The summed E-state index contributed by atoms with van der Waals surface area (Å²) in [5.41, 5.74) is 5.53. The molecule has 1 fully saturated rings. The molecule has 0 bridgehead atoms. The van der Waals surface area contributed by atoms with E-state index < -0.39 is 0 Å². The third-order valence-corrected chi connectivity index (χ3v) is 3.24. The number of hydrogen-bond donors (Lipinski definition) is 3. The highest BCUT2D eigenvalue weighted by Crippen LogP contribution is 2.18. The third kappa shape index (κ3) is 5.01. The first kappa shape index (κ1) is 14.3. The molecule has 0 aromatic carbocycles. The molecule has 0 aliphatic carbocycles. The molecule has 4 nitrogen and oxygen atoms in total. The summed E-state index contributed by atoms with van der Waals surface area (Å²) >= 11 is 4.66. The number of ether oxygens (including phenoxy) is 1. The second kappa shape index (κ2) is 6.81. The van der Waals surface area contributed by atoms with Gasteiger partial charge in [0.2, 0.25) is 0 Å². The number of nitrogens with zero attached hydrogens (tertiary/aromatic N) is 1. The van der Waals surface area contributed by atoms with E-state index in [4.69, 9.17) is 10.5 Å². The molecule has 1 heterocycles. The fraction of sp³-hybridized carbons (Fsp3) is 1.00. The van der Waals surface area contributed by atoms with E-state index >= 15 is 0 Å². The predicted molar refractivity (Wildman–Crippen MR) is 71.2 cm³/mol. The summed E-state index contributed by atoms with van der Waals surface area (Å²) in [4.78, 5) is 2.43. The van der Waals surface area contributed by atoms with Gasteiger partial charge in [-0.05, 0) is 13.8 Å². The maximum atomic E-state index is 5.53. The molecule has 1 unspecified atom stereocenters. The van der Waals surface area contributed by atoms with Crippen LogP contribution in [-0.2, 0) is 4.74 Å². The van der Waals surface area contributed by atoms with Crippen LogP contribution in [0.2, 0.25) is 0 Å². The largest absolute Gasteiger partial charge is 0.379 e. The summed E-state index contributed by atoms with van der Waals surface area (Å²) in [6, 6.07) is 0.359. The van der Waals surface area contributed by atoms with Gasteiger partial charge in [0.15, 0.2) is 0 Å². The van der Waals surface area contributed by atoms with Crippen LogP contribution < -0.4 is 11.1 Å². The van der Waals surface area contributed by atoms with Crippen molar-refractivity contribution in [1.29, 1.82) is 0 Å². The third-order valence-electron chi connectivity index (χ3n) is 2.93. The first-order chi connectivity index (χ1) is 7.54. The van der Waals surface area contributed by atoms with Gasteiger partial charge in [-0.1, -0.05) is 0 Å². The Morgan fingerprint density at radius 1 is 1.44 bits per heavy atom. The number of rotatable bonds is 6. The predicted octanol–water partition coefficient (Wildman–Crippen LogP) is -0.0561. The number of morpholine rings is 1. The Labute approximate surface area is 104 Å². The second-order valence-corrected chi connectivity index (χ2v) is 6.01. The summed E-state index contributed by atoms with van der Waals surface area (Å²) in [5.74, 6) is 0. The van der Waals surface area contributed by atoms with Crippen LogP contribution in [0.15, 0.2) is 0 Å². The van der Waals surface area contributed by atoms with Gasteiger partial charge in [0.1, 0.15) is 0 Å². The van der Waals surface area contributed by atoms with Crippen molar-refractivity contribution in [1.82, 2.24) is 10.2 Å². The minimum atomic E-state index is -0.0343. The first-order valence-electron chi connectivity index (χ1n) is 6.00. The molecule has 5 heteroatoms. The van der Waals surface area contributed by atoms with Crippen LogP contribution in [0.3, 0.4) is 0 Å². The fourth-order valence-corrected chi connectivity index (χ4v) is 2.01. The van der Waals surface area contributed by atoms with Crippen LogP contribution in [-0.4, -0.2) is 61.6 Å². The molecule has 0 aromatic rings. The summed E-state index contributed by atoms with van der Waals surface area (Å²) in [6.45, 7) is 10.5. The first-order valence-corrected chi connectivity index (χ1v) is 6.44. The summed E-state index contributed by atoms with van der Waals surface area (Å²) in [7, 11) is 0. The average molecular weight is 247 g/mol. The van der Waals surface area contributed by atoms with Crippen molar-refractivity contribution >= 4 is 12.6 Å². The molecule has 0 saturated carbocycles. The Morgan fingerprint density at radius 3 is 2.56 bits per heavy atom. The fourth-order valence-electron chi connectivity index (χ4n) is 1.84. The monoisotopic (exact) mass is 247 g/mol. The van der Waals surface area contributed by atoms with Crippen molar-refractivity contribution in [3.8, 4) is 0 Å². The molecule has 0 spiro atoms. The van der Waals surface area contributed by atoms with Crippen molar-refractivity contribution in [3.05, 3.63) is 0 Å². The van der Waals surface area contributed by atoms with Gasteiger partial charge in [-0.3, -0.25) is 4.90 Å². The number of nitrogens with two attached hydrogens (primary N) is 1. The van der Waals surface area contributed by atoms with E-state index in [2.05, 4.69) is 36.7 Å². The molecule has 3 N–H and O–H groups in total. The van der Waals surface area contributed by atoms with Crippen molar-refractivity contribution in [2.24, 2.45) is 5.73 Å². The minimum absolute atomic E-state index is 0.0343. The smallest absolute Gasteiger partial charge is 0.0594 e. The molecule has 1 saturated heterocycles. The molecular formula is C11H25N3OS. The van der Waals surface area contributed by atoms with Crippen molar-refractivity contribution in [3.63, 3.8) is 0 Å². The molecule has 96 valence electrons. The lowest BCUT2D eigenvalue weighted by molar-refractivity contribution is 0.0321. The van der Waals surface area contributed by atoms with Crippen LogP contribution in [0.1, 0.15) is 13.8 Å². The van der Waals surface area contributed by atoms with Gasteiger partial charge < -0.3 is 15.8 Å². The normalized spacial score (nSPS) is 21.0. The lowest BCUT2D eigenvalue weighted by atomic mass is 10.0. The SMILES string of the molecule is CC(C)(S)C(CN1CCOCC1)NCCN. The van der Waals surface area contributed by atoms with Gasteiger partial charge >= 0.3 is 0 Å². The van der Waals surface area contributed by atoms with E-state index in [9.17, 15) is 0 Å². The van der Waals surface area contributed by atoms with Gasteiger partial charge in [0.25, 0.3) is 0 Å². The van der Waals surface area contributed by atoms with Gasteiger partial charge in [0.05, 0.1) is 13.2 Å². The highest BCUT2D eigenvalue weighted by molar-refractivity contribution is 7.81. The molecule has 1 aliphatic rings. The minimum Gasteiger partial charge on any atom is -0.379 e. The zero-order chi connectivity index (χ0) is 12.0. The average Bonchev–Trinajstić information content (AvgIpc) is 2.24. The van der Waals surface area contributed by atoms with Crippen LogP contribution in [0.4, 0.5) is 0 Å². The highest BCUT2D eigenvalue weighted by atomic mass is 32.1. The van der Waals surface area contributed by atoms with E-state index in [-0.39, 0.29) is 4.75 Å². The number of hydrogen-bond acceptors (Lipinski definition) is 5. The molecule has 0 amide bonds. The van der Waals surface area contributed by atoms with Crippen molar-refractivity contribution in [2.45, 2.75) is 24.6 Å². The zero-order valence-corrected chi connectivity index (χ0v) is 11.3. The Morgan fingerprint density at radius 2 is 2.06 bits per heavy atom. The van der Waals surface area contributed by atoms with E-state index in [0.29, 0.717) is 12.6 Å². The Hall–Kier alpha value is 0.190. The lowest BCUT2D eigenvalue weighted by Crippen LogP contribution is -2.53. The van der Waals surface area contributed by atoms with E-state index in [1.807, 2.05) is 0 Å². The molecular weight excluding hydrogens is 222 g/mol. The highest BCUT2D eigenvalue weighted by Gasteiger charge is 2.27. The van der Waals surface area contributed by atoms with Crippen molar-refractivity contribution < 1.29 is 4.74 Å². The Bertz CT molecular complexity index is 190. The topological polar surface area (TPSA) is 50.5 Å². The van der Waals surface area contributed by atoms with Gasteiger partial charge in [0, 0.05) is 43.5 Å². The van der Waals surface area contributed by atoms with Crippen LogP contribution >= 0.6 is 12.6 Å². The van der Waals surface area contributed by atoms with E-state index in [1.54, 1.807) is 0 Å². The molecule has 0 aromatic heterocycles. The van der Waals surface area contributed by atoms with Crippen LogP contribution in [0.5, 0.6) is 0 Å². The van der Waals surface area contributed by atoms with Crippen molar-refractivity contribution in [2.75, 3.05) is 45.9 Å². The van der Waals surface area contributed by atoms with Gasteiger partial charge in [-0.2, -0.15) is 12.6 Å². The lowest BCUT2D eigenvalue weighted by Gasteiger charge is -2.36.